The first-order chi connectivity index (χ1) is 16.7. The molecule has 1 aromatic carbocycles. The van der Waals surface area contributed by atoms with Gasteiger partial charge in [0.15, 0.2) is 5.06 Å². The number of aliphatic hydroxyl groups excluding tert-OH is 1. The second-order valence-electron chi connectivity index (χ2n) is 9.25. The van der Waals surface area contributed by atoms with E-state index in [1.54, 1.807) is 12.1 Å². The second kappa shape index (κ2) is 12.4. The molecule has 2 N–H and O–H groups in total. The van der Waals surface area contributed by atoms with Crippen LogP contribution >= 0.6 is 11.3 Å². The maximum absolute atomic E-state index is 14.2. The summed E-state index contributed by atoms with van der Waals surface area (Å²) in [5.74, 6) is -4.47. The van der Waals surface area contributed by atoms with Crippen molar-refractivity contribution in [2.45, 2.75) is 76.4 Å². The molecule has 1 amide bonds. The number of rotatable bonds is 13. The van der Waals surface area contributed by atoms with Crippen LogP contribution in [0, 0.1) is 5.92 Å². The lowest BCUT2D eigenvalue weighted by Gasteiger charge is -2.26. The number of ether oxygens (including phenoxy) is 1. The van der Waals surface area contributed by atoms with Crippen LogP contribution in [0.2, 0.25) is 0 Å². The molecular weight excluding hydrogens is 476 g/mol. The smallest absolute Gasteiger partial charge is 0.449 e. The van der Waals surface area contributed by atoms with Crippen molar-refractivity contribution >= 4 is 23.4 Å². The Morgan fingerprint density at radius 3 is 2.63 bits per heavy atom. The highest BCUT2D eigenvalue weighted by Crippen LogP contribution is 2.36. The minimum absolute atomic E-state index is 0.0471. The number of aryl methyl sites for hydroxylation is 2. The molecule has 1 aromatic heterocycles. The standard InChI is InChI=1S/C26H33F2NO5S/c1-18(7-5-10-19-8-3-2-4-9-19)22(30)14-12-20-17-26(27,28)24(31)29(20)16-6-11-21-13-15-23(35-21)34-25(32)33/h2-4,8-9,13,15,18,20,22,30H,5-7,10-12,14,16-17H2,1H3,(H,32,33)/t18-,20+,22-/m1/s1. The molecule has 0 saturated carbocycles. The Labute approximate surface area is 208 Å². The van der Waals surface area contributed by atoms with Crippen molar-refractivity contribution in [1.29, 1.82) is 0 Å². The number of nitrogens with zero attached hydrogens (tertiary/aromatic N) is 1. The maximum atomic E-state index is 14.2. The minimum atomic E-state index is -3.37. The lowest BCUT2D eigenvalue weighted by atomic mass is 9.92. The topological polar surface area (TPSA) is 87.1 Å². The van der Waals surface area contributed by atoms with E-state index in [9.17, 15) is 23.5 Å². The first kappa shape index (κ1) is 27.1. The molecular formula is C26H33F2NO5S. The summed E-state index contributed by atoms with van der Waals surface area (Å²) in [7, 11) is 0. The molecule has 9 heteroatoms. The fourth-order valence-electron chi connectivity index (χ4n) is 4.58. The zero-order chi connectivity index (χ0) is 25.4. The Hall–Kier alpha value is -2.52. The van der Waals surface area contributed by atoms with Gasteiger partial charge < -0.3 is 19.8 Å². The van der Waals surface area contributed by atoms with Crippen LogP contribution in [0.15, 0.2) is 42.5 Å². The van der Waals surface area contributed by atoms with Gasteiger partial charge in [-0.1, -0.05) is 37.3 Å². The summed E-state index contributed by atoms with van der Waals surface area (Å²) >= 11 is 1.18. The van der Waals surface area contributed by atoms with Crippen molar-refractivity contribution in [3.05, 3.63) is 52.9 Å². The summed E-state index contributed by atoms with van der Waals surface area (Å²) in [4.78, 5) is 25.0. The van der Waals surface area contributed by atoms with Crippen molar-refractivity contribution in [1.82, 2.24) is 4.90 Å². The molecule has 0 unspecified atom stereocenters. The quantitative estimate of drug-likeness (QED) is 0.335. The summed E-state index contributed by atoms with van der Waals surface area (Å²) in [6.07, 6.45) is 1.92. The summed E-state index contributed by atoms with van der Waals surface area (Å²) in [5.41, 5.74) is 1.25. The number of alkyl halides is 2. The van der Waals surface area contributed by atoms with Crippen LogP contribution < -0.4 is 4.74 Å². The van der Waals surface area contributed by atoms with E-state index >= 15 is 0 Å². The lowest BCUT2D eigenvalue weighted by molar-refractivity contribution is -0.148. The third-order valence-electron chi connectivity index (χ3n) is 6.57. The van der Waals surface area contributed by atoms with E-state index in [-0.39, 0.29) is 17.5 Å². The van der Waals surface area contributed by atoms with Crippen LogP contribution in [0.1, 0.15) is 55.9 Å². The van der Waals surface area contributed by atoms with Gasteiger partial charge >= 0.3 is 12.1 Å². The third-order valence-corrected chi connectivity index (χ3v) is 7.60. The second-order valence-corrected chi connectivity index (χ2v) is 10.4. The largest absolute Gasteiger partial charge is 0.512 e. The van der Waals surface area contributed by atoms with E-state index in [1.807, 2.05) is 25.1 Å². The van der Waals surface area contributed by atoms with Crippen LogP contribution in [-0.4, -0.2) is 51.8 Å². The Kier molecular flexibility index (Phi) is 9.63. The Morgan fingerprint density at radius 1 is 1.17 bits per heavy atom. The Morgan fingerprint density at radius 2 is 1.91 bits per heavy atom. The van der Waals surface area contributed by atoms with Crippen LogP contribution in [-0.2, 0) is 17.6 Å². The monoisotopic (exact) mass is 509 g/mol. The highest BCUT2D eigenvalue weighted by Gasteiger charge is 2.52. The minimum Gasteiger partial charge on any atom is -0.449 e. The van der Waals surface area contributed by atoms with Gasteiger partial charge in [-0.3, -0.25) is 4.79 Å². The number of carbonyl (C=O) groups is 2. The molecule has 2 aromatic rings. The van der Waals surface area contributed by atoms with E-state index in [4.69, 9.17) is 5.11 Å². The highest BCUT2D eigenvalue weighted by molar-refractivity contribution is 7.13. The van der Waals surface area contributed by atoms with E-state index < -0.39 is 36.6 Å². The molecule has 1 saturated heterocycles. The van der Waals surface area contributed by atoms with Gasteiger partial charge in [0.1, 0.15) is 0 Å². The molecule has 0 spiro atoms. The molecule has 1 aliphatic heterocycles. The molecule has 0 radical (unpaired) electrons. The number of halogens is 2. The van der Waals surface area contributed by atoms with Crippen molar-refractivity contribution in [2.75, 3.05) is 6.54 Å². The van der Waals surface area contributed by atoms with E-state index in [2.05, 4.69) is 16.9 Å². The number of benzene rings is 1. The van der Waals surface area contributed by atoms with Gasteiger partial charge in [-0.05, 0) is 68.6 Å². The zero-order valence-electron chi connectivity index (χ0n) is 19.9. The number of likely N-dealkylation sites (tertiary alicyclic amines) is 1. The van der Waals surface area contributed by atoms with Gasteiger partial charge in [-0.2, -0.15) is 8.78 Å². The summed E-state index contributed by atoms with van der Waals surface area (Å²) < 4.78 is 33.0. The fourth-order valence-corrected chi connectivity index (χ4v) is 5.47. The highest BCUT2D eigenvalue weighted by atomic mass is 32.1. The molecule has 35 heavy (non-hydrogen) atoms. The Balaban J connectivity index is 1.45. The predicted molar refractivity (Wildman–Crippen MR) is 130 cm³/mol. The van der Waals surface area contributed by atoms with E-state index in [1.165, 1.54) is 21.8 Å². The number of amides is 1. The first-order valence-corrected chi connectivity index (χ1v) is 12.9. The third kappa shape index (κ3) is 8.00. The number of thiophene rings is 1. The van der Waals surface area contributed by atoms with Gasteiger partial charge in [0.05, 0.1) is 6.10 Å². The van der Waals surface area contributed by atoms with Gasteiger partial charge in [0.2, 0.25) is 0 Å². The van der Waals surface area contributed by atoms with Crippen molar-refractivity contribution in [3.63, 3.8) is 0 Å². The molecule has 6 nitrogen and oxygen atoms in total. The number of aliphatic hydroxyl groups is 1. The van der Waals surface area contributed by atoms with Crippen LogP contribution in [0.25, 0.3) is 0 Å². The van der Waals surface area contributed by atoms with Gasteiger partial charge in [0, 0.05) is 23.9 Å². The molecule has 0 bridgehead atoms. The molecule has 0 aliphatic carbocycles. The fraction of sp³-hybridized carbons (Fsp3) is 0.538. The van der Waals surface area contributed by atoms with Crippen LogP contribution in [0.4, 0.5) is 13.6 Å². The molecule has 3 atom stereocenters. The lowest BCUT2D eigenvalue weighted by Crippen LogP contribution is -2.37. The summed E-state index contributed by atoms with van der Waals surface area (Å²) in [5, 5.41) is 19.5. The average Bonchev–Trinajstić information content (AvgIpc) is 3.34. The van der Waals surface area contributed by atoms with Crippen LogP contribution in [0.5, 0.6) is 5.06 Å². The predicted octanol–water partition coefficient (Wildman–Crippen LogP) is 5.77. The summed E-state index contributed by atoms with van der Waals surface area (Å²) in [6, 6.07) is 12.8. The van der Waals surface area contributed by atoms with Crippen molar-refractivity contribution in [2.24, 2.45) is 5.92 Å². The summed E-state index contributed by atoms with van der Waals surface area (Å²) in [6.45, 7) is 2.17. The Bertz CT molecular complexity index is 968. The van der Waals surface area contributed by atoms with Crippen LogP contribution in [0.3, 0.4) is 0 Å². The zero-order valence-corrected chi connectivity index (χ0v) is 20.7. The first-order valence-electron chi connectivity index (χ1n) is 12.1. The number of hydrogen-bond acceptors (Lipinski definition) is 5. The molecule has 3 rings (SSSR count). The number of carbonyl (C=O) groups excluding carboxylic acids is 1. The molecule has 2 heterocycles. The van der Waals surface area contributed by atoms with Gasteiger partial charge in [0.25, 0.3) is 5.91 Å². The normalized spacial score (nSPS) is 19.0. The molecule has 1 fully saturated rings. The van der Waals surface area contributed by atoms with Crippen molar-refractivity contribution < 1.29 is 33.3 Å². The molecule has 192 valence electrons. The SMILES string of the molecule is C[C@H](CCCc1ccccc1)[C@H](O)CC[C@H]1CC(F)(F)C(=O)N1CCCc1ccc(OC(=O)O)s1. The van der Waals surface area contributed by atoms with Crippen molar-refractivity contribution in [3.8, 4) is 5.06 Å². The van der Waals surface area contributed by atoms with E-state index in [0.717, 1.165) is 24.1 Å². The molecule has 1 aliphatic rings. The number of hydrogen-bond donors (Lipinski definition) is 2. The van der Waals surface area contributed by atoms with Gasteiger partial charge in [-0.15, -0.1) is 11.3 Å². The average molecular weight is 510 g/mol. The van der Waals surface area contributed by atoms with Gasteiger partial charge in [-0.25, -0.2) is 4.79 Å². The number of carboxylic acid groups (broad SMARTS) is 1. The van der Waals surface area contributed by atoms with E-state index in [0.29, 0.717) is 25.7 Å². The maximum Gasteiger partial charge on any atom is 0.512 e.